The molecule has 1 aliphatic carbocycles. The Morgan fingerprint density at radius 1 is 1.00 bits per heavy atom. The molecule has 1 aromatic heterocycles. The van der Waals surface area contributed by atoms with Gasteiger partial charge < -0.3 is 9.67 Å². The van der Waals surface area contributed by atoms with Gasteiger partial charge >= 0.3 is 5.97 Å². The van der Waals surface area contributed by atoms with E-state index in [1.165, 1.54) is 22.8 Å². The molecule has 0 bridgehead atoms. The van der Waals surface area contributed by atoms with Gasteiger partial charge in [-0.3, -0.25) is 0 Å². The lowest BCUT2D eigenvalue weighted by atomic mass is 9.92. The van der Waals surface area contributed by atoms with E-state index in [-0.39, 0.29) is 0 Å². The second kappa shape index (κ2) is 8.46. The average Bonchev–Trinajstić information content (AvgIpc) is 3.05. The first-order chi connectivity index (χ1) is 15.6. The van der Waals surface area contributed by atoms with E-state index in [9.17, 15) is 9.90 Å². The molecule has 4 aromatic rings. The molecule has 3 aromatic carbocycles. The number of nitrogens with zero attached hydrogens (tertiary/aromatic N) is 2. The van der Waals surface area contributed by atoms with Crippen molar-refractivity contribution in [2.24, 2.45) is 0 Å². The SMILES string of the molecule is CCCc1nc2ccccc2n1Cc1ccc2c(c1)CCc1ccccc1/C2=C\C(=O)O. The molecule has 0 unspecified atom stereocenters. The van der Waals surface area contributed by atoms with E-state index in [0.29, 0.717) is 0 Å². The average molecular weight is 423 g/mol. The maximum atomic E-state index is 11.6. The van der Waals surface area contributed by atoms with E-state index in [1.54, 1.807) is 0 Å². The number of para-hydroxylation sites is 2. The van der Waals surface area contributed by atoms with Gasteiger partial charge in [-0.05, 0) is 64.8 Å². The molecule has 0 saturated carbocycles. The third-order valence-electron chi connectivity index (χ3n) is 6.25. The molecular weight excluding hydrogens is 396 g/mol. The van der Waals surface area contributed by atoms with Gasteiger partial charge in [-0.1, -0.05) is 61.5 Å². The highest BCUT2D eigenvalue weighted by molar-refractivity contribution is 5.97. The van der Waals surface area contributed by atoms with Crippen molar-refractivity contribution >= 4 is 22.6 Å². The topological polar surface area (TPSA) is 55.1 Å². The third kappa shape index (κ3) is 3.73. The Labute approximate surface area is 187 Å². The molecule has 4 heteroatoms. The standard InChI is InChI=1S/C28H26N2O2/c1-2-7-27-29-25-10-5-6-11-26(25)30(27)18-19-12-15-23-21(16-19)14-13-20-8-3-4-9-22(20)24(23)17-28(31)32/h3-6,8-12,15-17H,2,7,13-14,18H2,1H3,(H,31,32)/b24-17+. The fourth-order valence-corrected chi connectivity index (χ4v) is 4.81. The molecule has 0 saturated heterocycles. The lowest BCUT2D eigenvalue weighted by molar-refractivity contribution is -0.131. The summed E-state index contributed by atoms with van der Waals surface area (Å²) in [5.74, 6) is 0.198. The summed E-state index contributed by atoms with van der Waals surface area (Å²) in [6.07, 6.45) is 5.14. The molecule has 4 nitrogen and oxygen atoms in total. The van der Waals surface area contributed by atoms with Crippen LogP contribution in [0, 0.1) is 0 Å². The molecule has 0 aliphatic heterocycles. The van der Waals surface area contributed by atoms with Gasteiger partial charge in [0.05, 0.1) is 11.0 Å². The molecule has 0 radical (unpaired) electrons. The number of benzene rings is 3. The van der Waals surface area contributed by atoms with E-state index in [2.05, 4.69) is 54.0 Å². The summed E-state index contributed by atoms with van der Waals surface area (Å²) in [6, 6.07) is 22.9. The smallest absolute Gasteiger partial charge is 0.328 e. The molecule has 5 rings (SSSR count). The fraction of sp³-hybridized carbons (Fsp3) is 0.214. The molecule has 1 heterocycles. The van der Waals surface area contributed by atoms with Crippen LogP contribution in [0.15, 0.2) is 72.8 Å². The number of carbonyl (C=O) groups is 1. The van der Waals surface area contributed by atoms with E-state index in [0.717, 1.165) is 65.8 Å². The van der Waals surface area contributed by atoms with Gasteiger partial charge in [0.15, 0.2) is 0 Å². The molecular formula is C28H26N2O2. The largest absolute Gasteiger partial charge is 0.478 e. The number of hydrogen-bond donors (Lipinski definition) is 1. The summed E-state index contributed by atoms with van der Waals surface area (Å²) < 4.78 is 2.32. The first-order valence-electron chi connectivity index (χ1n) is 11.2. The minimum absolute atomic E-state index is 0.758. The predicted molar refractivity (Wildman–Crippen MR) is 128 cm³/mol. The molecule has 0 fully saturated rings. The predicted octanol–water partition coefficient (Wildman–Crippen LogP) is 5.65. The zero-order valence-corrected chi connectivity index (χ0v) is 18.2. The Morgan fingerprint density at radius 3 is 2.59 bits per heavy atom. The molecule has 0 spiro atoms. The van der Waals surface area contributed by atoms with Crippen molar-refractivity contribution in [3.63, 3.8) is 0 Å². The summed E-state index contributed by atoms with van der Waals surface area (Å²) in [5.41, 5.74) is 8.64. The van der Waals surface area contributed by atoms with Gasteiger partial charge in [-0.25, -0.2) is 9.78 Å². The molecule has 0 atom stereocenters. The summed E-state index contributed by atoms with van der Waals surface area (Å²) in [4.78, 5) is 16.5. The number of aromatic nitrogens is 2. The van der Waals surface area contributed by atoms with Crippen molar-refractivity contribution in [1.29, 1.82) is 0 Å². The Balaban J connectivity index is 1.58. The quantitative estimate of drug-likeness (QED) is 0.423. The van der Waals surface area contributed by atoms with Crippen molar-refractivity contribution in [1.82, 2.24) is 9.55 Å². The van der Waals surface area contributed by atoms with Crippen LogP contribution in [0.5, 0.6) is 0 Å². The van der Waals surface area contributed by atoms with Crippen LogP contribution < -0.4 is 0 Å². The first kappa shape index (κ1) is 20.3. The van der Waals surface area contributed by atoms with Gasteiger partial charge in [0, 0.05) is 19.0 Å². The van der Waals surface area contributed by atoms with Crippen LogP contribution in [0.3, 0.4) is 0 Å². The van der Waals surface area contributed by atoms with Crippen molar-refractivity contribution < 1.29 is 9.90 Å². The number of rotatable bonds is 5. The molecule has 0 amide bonds. The van der Waals surface area contributed by atoms with Gasteiger partial charge in [0.25, 0.3) is 0 Å². The number of imidazole rings is 1. The van der Waals surface area contributed by atoms with Crippen molar-refractivity contribution in [2.75, 3.05) is 0 Å². The van der Waals surface area contributed by atoms with Crippen molar-refractivity contribution in [2.45, 2.75) is 39.2 Å². The minimum Gasteiger partial charge on any atom is -0.478 e. The number of aryl methyl sites for hydroxylation is 3. The maximum Gasteiger partial charge on any atom is 0.328 e. The van der Waals surface area contributed by atoms with Crippen LogP contribution in [0.2, 0.25) is 0 Å². The Morgan fingerprint density at radius 2 is 1.75 bits per heavy atom. The number of carboxylic acid groups (broad SMARTS) is 1. The van der Waals surface area contributed by atoms with Crippen LogP contribution in [0.25, 0.3) is 16.6 Å². The normalized spacial score (nSPS) is 14.2. The summed E-state index contributed by atoms with van der Waals surface area (Å²) in [6.45, 7) is 2.94. The fourth-order valence-electron chi connectivity index (χ4n) is 4.81. The van der Waals surface area contributed by atoms with Gasteiger partial charge in [0.1, 0.15) is 5.82 Å². The monoisotopic (exact) mass is 422 g/mol. The highest BCUT2D eigenvalue weighted by Crippen LogP contribution is 2.34. The summed E-state index contributed by atoms with van der Waals surface area (Å²) >= 11 is 0. The number of fused-ring (bicyclic) bond motifs is 3. The highest BCUT2D eigenvalue weighted by Gasteiger charge is 2.20. The molecule has 1 aliphatic rings. The highest BCUT2D eigenvalue weighted by atomic mass is 16.4. The number of aliphatic carboxylic acids is 1. The van der Waals surface area contributed by atoms with Crippen molar-refractivity contribution in [3.8, 4) is 0 Å². The van der Waals surface area contributed by atoms with Crippen LogP contribution in [0.4, 0.5) is 0 Å². The Kier molecular flexibility index (Phi) is 5.36. The van der Waals surface area contributed by atoms with E-state index < -0.39 is 5.97 Å². The zero-order valence-electron chi connectivity index (χ0n) is 18.2. The van der Waals surface area contributed by atoms with Gasteiger partial charge in [0.2, 0.25) is 0 Å². The van der Waals surface area contributed by atoms with Crippen molar-refractivity contribution in [3.05, 3.63) is 106 Å². The van der Waals surface area contributed by atoms with E-state index in [1.807, 2.05) is 24.3 Å². The third-order valence-corrected chi connectivity index (χ3v) is 6.25. The van der Waals surface area contributed by atoms with Crippen LogP contribution in [0.1, 0.15) is 47.0 Å². The molecule has 32 heavy (non-hydrogen) atoms. The summed E-state index contributed by atoms with van der Waals surface area (Å²) in [5, 5.41) is 9.53. The summed E-state index contributed by atoms with van der Waals surface area (Å²) in [7, 11) is 0. The number of carboxylic acids is 1. The van der Waals surface area contributed by atoms with Gasteiger partial charge in [-0.15, -0.1) is 0 Å². The van der Waals surface area contributed by atoms with Crippen LogP contribution in [-0.4, -0.2) is 20.6 Å². The zero-order chi connectivity index (χ0) is 22.1. The lowest BCUT2D eigenvalue weighted by Crippen LogP contribution is -2.06. The Hall–Kier alpha value is -3.66. The lowest BCUT2D eigenvalue weighted by Gasteiger charge is -2.14. The number of hydrogen-bond acceptors (Lipinski definition) is 2. The second-order valence-corrected chi connectivity index (χ2v) is 8.40. The van der Waals surface area contributed by atoms with E-state index >= 15 is 0 Å². The van der Waals surface area contributed by atoms with Gasteiger partial charge in [-0.2, -0.15) is 0 Å². The van der Waals surface area contributed by atoms with Crippen LogP contribution >= 0.6 is 0 Å². The van der Waals surface area contributed by atoms with E-state index in [4.69, 9.17) is 4.98 Å². The molecule has 1 N–H and O–H groups in total. The molecule has 160 valence electrons. The van der Waals surface area contributed by atoms with Crippen LogP contribution in [-0.2, 0) is 30.6 Å². The minimum atomic E-state index is -0.916. The maximum absolute atomic E-state index is 11.6. The first-order valence-corrected chi connectivity index (χ1v) is 11.2. The second-order valence-electron chi connectivity index (χ2n) is 8.40. The Bertz CT molecular complexity index is 1350.